The van der Waals surface area contributed by atoms with Gasteiger partial charge in [0, 0.05) is 9.52 Å². The molecule has 0 atom stereocenters. The van der Waals surface area contributed by atoms with E-state index in [0.717, 1.165) is 9.52 Å². The van der Waals surface area contributed by atoms with E-state index in [9.17, 15) is 0 Å². The molecule has 0 rings (SSSR count). The number of rotatable bonds is 7. The van der Waals surface area contributed by atoms with Gasteiger partial charge in [0.1, 0.15) is 8.96 Å². The molecule has 1 nitrogen and oxygen atoms in total. The van der Waals surface area contributed by atoms with Gasteiger partial charge in [-0.25, -0.2) is 0 Å². The van der Waals surface area contributed by atoms with Crippen LogP contribution in [-0.2, 0) is 0 Å². The van der Waals surface area contributed by atoms with E-state index in [2.05, 4.69) is 31.5 Å². The van der Waals surface area contributed by atoms with E-state index >= 15 is 0 Å². The minimum Gasteiger partial charge on any atom is -0.325 e. The van der Waals surface area contributed by atoms with Crippen LogP contribution < -0.4 is 0 Å². The van der Waals surface area contributed by atoms with Crippen molar-refractivity contribution < 1.29 is 0 Å². The third-order valence-electron chi connectivity index (χ3n) is 1.96. The molecule has 0 saturated heterocycles. The van der Waals surface area contributed by atoms with Crippen molar-refractivity contribution in [1.82, 2.24) is 4.57 Å². The SMILES string of the molecule is CCCN(CCC)[Si](C)C[Si]C. The fraction of sp³-hybridized carbons (Fsp3) is 1.00. The van der Waals surface area contributed by atoms with Crippen LogP contribution in [0.2, 0.25) is 18.8 Å². The zero-order valence-electron chi connectivity index (χ0n) is 8.98. The highest BCUT2D eigenvalue weighted by Gasteiger charge is 2.12. The van der Waals surface area contributed by atoms with Crippen LogP contribution in [0, 0.1) is 0 Å². The Labute approximate surface area is 82.1 Å². The minimum absolute atomic E-state index is 0.158. The zero-order valence-corrected chi connectivity index (χ0v) is 11.0. The molecule has 0 spiro atoms. The lowest BCUT2D eigenvalue weighted by molar-refractivity contribution is 0.431. The highest BCUT2D eigenvalue weighted by Crippen LogP contribution is 2.02. The monoisotopic (exact) mass is 200 g/mol. The maximum atomic E-state index is 2.72. The number of nitrogens with zero attached hydrogens (tertiary/aromatic N) is 1. The van der Waals surface area contributed by atoms with Gasteiger partial charge in [0.05, 0.1) is 0 Å². The number of hydrogen-bond acceptors (Lipinski definition) is 1. The van der Waals surface area contributed by atoms with Gasteiger partial charge in [-0.1, -0.05) is 32.6 Å². The summed E-state index contributed by atoms with van der Waals surface area (Å²) in [5, 5.41) is 0. The molecule has 0 bridgehead atoms. The summed E-state index contributed by atoms with van der Waals surface area (Å²) in [5.41, 5.74) is 1.48. The largest absolute Gasteiger partial charge is 0.325 e. The van der Waals surface area contributed by atoms with Crippen LogP contribution >= 0.6 is 0 Å². The summed E-state index contributed by atoms with van der Waals surface area (Å²) in [6.45, 7) is 12.0. The van der Waals surface area contributed by atoms with E-state index in [4.69, 9.17) is 0 Å². The fourth-order valence-corrected chi connectivity index (χ4v) is 5.55. The summed E-state index contributed by atoms with van der Waals surface area (Å²) >= 11 is 0. The lowest BCUT2D eigenvalue weighted by Crippen LogP contribution is -2.38. The van der Waals surface area contributed by atoms with Crippen LogP contribution in [0.4, 0.5) is 0 Å². The van der Waals surface area contributed by atoms with Crippen molar-refractivity contribution in [1.29, 1.82) is 0 Å². The molecule has 0 fully saturated rings. The molecule has 3 radical (unpaired) electrons. The van der Waals surface area contributed by atoms with Crippen LogP contribution in [0.15, 0.2) is 0 Å². The lowest BCUT2D eigenvalue weighted by atomic mass is 10.4. The van der Waals surface area contributed by atoms with Gasteiger partial charge in [-0.2, -0.15) is 0 Å². The van der Waals surface area contributed by atoms with Crippen LogP contribution in [0.3, 0.4) is 0 Å². The third-order valence-corrected chi connectivity index (χ3v) is 6.95. The molecule has 0 saturated carbocycles. The molecule has 0 aliphatic carbocycles. The zero-order chi connectivity index (χ0) is 9.40. The van der Waals surface area contributed by atoms with E-state index in [0.29, 0.717) is 0 Å². The maximum absolute atomic E-state index is 2.72. The van der Waals surface area contributed by atoms with Crippen molar-refractivity contribution >= 4 is 18.5 Å². The second-order valence-electron chi connectivity index (χ2n) is 3.25. The van der Waals surface area contributed by atoms with Crippen LogP contribution in [-0.4, -0.2) is 36.1 Å². The van der Waals surface area contributed by atoms with E-state index in [1.807, 2.05) is 0 Å². The normalized spacial score (nSPS) is 11.5. The first-order valence-electron chi connectivity index (χ1n) is 4.98. The Bertz CT molecular complexity index is 92.5. The first-order chi connectivity index (χ1) is 5.76. The molecule has 71 valence electrons. The van der Waals surface area contributed by atoms with Gasteiger partial charge in [0.2, 0.25) is 0 Å². The number of hydrogen-bond donors (Lipinski definition) is 0. The van der Waals surface area contributed by atoms with Crippen molar-refractivity contribution in [3.63, 3.8) is 0 Å². The summed E-state index contributed by atoms with van der Waals surface area (Å²) in [7, 11) is 0.985. The van der Waals surface area contributed by atoms with Crippen molar-refractivity contribution in [2.75, 3.05) is 13.1 Å². The van der Waals surface area contributed by atoms with Gasteiger partial charge < -0.3 is 4.57 Å². The molecule has 0 unspecified atom stereocenters. The molecule has 3 heteroatoms. The quantitative estimate of drug-likeness (QED) is 0.571. The minimum atomic E-state index is -0.158. The molecule has 0 amide bonds. The predicted molar refractivity (Wildman–Crippen MR) is 60.2 cm³/mol. The molecule has 0 aliphatic rings. The van der Waals surface area contributed by atoms with Gasteiger partial charge in [-0.15, -0.1) is 0 Å². The Morgan fingerprint density at radius 3 is 2.00 bits per heavy atom. The van der Waals surface area contributed by atoms with Crippen molar-refractivity contribution in [2.24, 2.45) is 0 Å². The van der Waals surface area contributed by atoms with Crippen LogP contribution in [0.1, 0.15) is 26.7 Å². The van der Waals surface area contributed by atoms with Gasteiger partial charge in [0.25, 0.3) is 0 Å². The second kappa shape index (κ2) is 8.01. The van der Waals surface area contributed by atoms with Gasteiger partial charge in [-0.3, -0.25) is 0 Å². The van der Waals surface area contributed by atoms with Crippen LogP contribution in [0.25, 0.3) is 0 Å². The summed E-state index contributed by atoms with van der Waals surface area (Å²) < 4.78 is 2.72. The van der Waals surface area contributed by atoms with Crippen molar-refractivity contribution in [3.8, 4) is 0 Å². The van der Waals surface area contributed by atoms with Gasteiger partial charge in [-0.05, 0) is 25.9 Å². The predicted octanol–water partition coefficient (Wildman–Crippen LogP) is 2.44. The first kappa shape index (κ1) is 12.4. The second-order valence-corrected chi connectivity index (χ2v) is 7.48. The summed E-state index contributed by atoms with van der Waals surface area (Å²) in [6.07, 6.45) is 2.63. The molecule has 12 heavy (non-hydrogen) atoms. The molecule has 0 N–H and O–H groups in total. The Kier molecular flexibility index (Phi) is 8.28. The molecule has 0 aromatic heterocycles. The molecule has 0 aliphatic heterocycles. The summed E-state index contributed by atoms with van der Waals surface area (Å²) in [6, 6.07) is 0. The van der Waals surface area contributed by atoms with Crippen molar-refractivity contribution in [2.45, 2.75) is 45.5 Å². The fourth-order valence-electron chi connectivity index (χ4n) is 1.40. The molecule has 0 heterocycles. The third kappa shape index (κ3) is 5.11. The highest BCUT2D eigenvalue weighted by molar-refractivity contribution is 6.66. The Hall–Kier alpha value is 0.394. The van der Waals surface area contributed by atoms with Gasteiger partial charge >= 0.3 is 0 Å². The molecular formula is C9H22NSi2. The maximum Gasteiger partial charge on any atom is 0.129 e. The topological polar surface area (TPSA) is 3.24 Å². The Balaban J connectivity index is 3.72. The van der Waals surface area contributed by atoms with E-state index < -0.39 is 0 Å². The lowest BCUT2D eigenvalue weighted by Gasteiger charge is -2.26. The first-order valence-corrected chi connectivity index (χ1v) is 8.84. The summed E-state index contributed by atoms with van der Waals surface area (Å²) in [5.74, 6) is 0. The van der Waals surface area contributed by atoms with Gasteiger partial charge in [0.15, 0.2) is 0 Å². The Morgan fingerprint density at radius 2 is 1.67 bits per heavy atom. The van der Waals surface area contributed by atoms with E-state index in [-0.39, 0.29) is 8.96 Å². The highest BCUT2D eigenvalue weighted by atomic mass is 28.3. The van der Waals surface area contributed by atoms with Crippen LogP contribution in [0.5, 0.6) is 0 Å². The molecule has 0 aromatic carbocycles. The van der Waals surface area contributed by atoms with Crippen molar-refractivity contribution in [3.05, 3.63) is 0 Å². The standard InChI is InChI=1S/C9H22NSi2/c1-5-7-10(8-6-2)12(4)9-11-3/h5-9H2,1-4H3. The smallest absolute Gasteiger partial charge is 0.129 e. The summed E-state index contributed by atoms with van der Waals surface area (Å²) in [4.78, 5) is 0. The Morgan fingerprint density at radius 1 is 1.17 bits per heavy atom. The van der Waals surface area contributed by atoms with E-state index in [1.54, 1.807) is 0 Å². The molecule has 0 aromatic rings. The average molecular weight is 200 g/mol. The van der Waals surface area contributed by atoms with E-state index in [1.165, 1.54) is 31.6 Å². The molecular weight excluding hydrogens is 178 g/mol. The average Bonchev–Trinajstić information content (AvgIpc) is 2.04.